The summed E-state index contributed by atoms with van der Waals surface area (Å²) in [6, 6.07) is 22.6. The third kappa shape index (κ3) is 60.3. The number of rotatable bonds is 17. The molecule has 0 unspecified atom stereocenters. The van der Waals surface area contributed by atoms with Gasteiger partial charge in [-0.3, -0.25) is 29.3 Å². The van der Waals surface area contributed by atoms with E-state index in [1.807, 2.05) is 235 Å². The Labute approximate surface area is 871 Å². The van der Waals surface area contributed by atoms with E-state index in [0.717, 1.165) is 39.3 Å². The van der Waals surface area contributed by atoms with Gasteiger partial charge in [0.1, 0.15) is 71.3 Å². The molecule has 0 N–H and O–H groups in total. The van der Waals surface area contributed by atoms with E-state index in [-0.39, 0.29) is 82.7 Å². The number of ether oxygens (including phenoxy) is 9. The van der Waals surface area contributed by atoms with E-state index >= 15 is 0 Å². The third-order valence-electron chi connectivity index (χ3n) is 14.0. The predicted octanol–water partition coefficient (Wildman–Crippen LogP) is 25.3. The Morgan fingerprint density at radius 1 is 0.271 bits per heavy atom. The number of carbonyl (C=O) groups is 3. The second-order valence-corrected chi connectivity index (χ2v) is 45.5. The third-order valence-corrected chi connectivity index (χ3v) is 16.8. The zero-order chi connectivity index (χ0) is 109. The van der Waals surface area contributed by atoms with Crippen LogP contribution in [0.5, 0.6) is 53.2 Å². The summed E-state index contributed by atoms with van der Waals surface area (Å²) in [4.78, 5) is 121. The topological polar surface area (TPSA) is 418 Å². The molecule has 13 rings (SSSR count). The molecule has 0 bridgehead atoms. The molecule has 0 radical (unpaired) electrons. The largest absolute Gasteiger partial charge is 0.472 e. The number of thioether (sulfide) groups is 2. The molecule has 774 valence electrons. The monoisotopic (exact) mass is 2070 g/mol. The minimum absolute atomic E-state index is 0.0494. The maximum Gasteiger partial charge on any atom is 0.318 e. The summed E-state index contributed by atoms with van der Waals surface area (Å²) < 4.78 is 49.7. The van der Waals surface area contributed by atoms with Crippen LogP contribution in [0, 0.1) is 0 Å². The molecule has 0 fully saturated rings. The standard InChI is InChI=1S/C13H14N2O2.C12H14N2O.3C10H14N2O.C9H12N2O2.C9H12N2OS.3C8H11ClN2O.C8H12N2S/c1-13(2,3)17-12-11(8-16)14-9-6-4-5-7-10(9)15-12;1-12(2,3)15-11-8-13-9-6-4-5-7-10(9)14-11;1-5-8-6-11-7-9(12-8)13-10(2,3)4;1-5-8-11-7-6-9(12-8)13-10(2,3)4;1-5-8-6-7-11-9(12-8)13-10(2,3)4;2*1-9(2,3)13-8-7(6-12)10-4-5-11-8;1-8(2,3)12-7-5-10-4-6(9)11-7;1-8(2,3)12-6-4-5-10-7(9)11-6;1-8(2,3)12-7-10-5-4-6(9)11-7;1-8(2,3)11-7-6-9-4-5-10-7/h4-8H,1-3H3;4-8H,1-3H3;3*5-7H,1H2,2-4H3;2*4-6H,1-3H3;3*4-5H,1-3H3;4-6H,1-3H3. The fourth-order valence-electron chi connectivity index (χ4n) is 9.43. The Kier molecular flexibility index (Phi) is 50.8. The highest BCUT2D eigenvalue weighted by Crippen LogP contribution is 2.33. The van der Waals surface area contributed by atoms with Gasteiger partial charge in [0.15, 0.2) is 41.2 Å². The minimum atomic E-state index is -0.408. The van der Waals surface area contributed by atoms with Gasteiger partial charge in [0.25, 0.3) is 0 Å². The molecule has 11 aromatic heterocycles. The van der Waals surface area contributed by atoms with Crippen molar-refractivity contribution in [3.05, 3.63) is 242 Å². The maximum absolute atomic E-state index is 11.0. The van der Waals surface area contributed by atoms with Crippen LogP contribution in [0.1, 0.15) is 277 Å². The number of aldehydes is 3. The maximum atomic E-state index is 11.0. The first-order chi connectivity index (χ1) is 66.6. The Morgan fingerprint density at radius 2 is 0.688 bits per heavy atom. The van der Waals surface area contributed by atoms with Crippen molar-refractivity contribution in [1.29, 1.82) is 0 Å². The van der Waals surface area contributed by atoms with Crippen molar-refractivity contribution in [2.24, 2.45) is 0 Å². The van der Waals surface area contributed by atoms with Crippen LogP contribution in [0.3, 0.4) is 0 Å². The summed E-state index contributed by atoms with van der Waals surface area (Å²) >= 11 is 20.1. The molecule has 0 saturated carbocycles. The van der Waals surface area contributed by atoms with Crippen molar-refractivity contribution >= 4 is 117 Å². The molecular weight excluding hydrogens is 1930 g/mol. The van der Waals surface area contributed by atoms with E-state index in [2.05, 4.69) is 171 Å². The zero-order valence-electron chi connectivity index (χ0n) is 88.9. The molecule has 34 nitrogen and oxygen atoms in total. The summed E-state index contributed by atoms with van der Waals surface area (Å²) in [5, 5.41) is 2.63. The Balaban J connectivity index is 0.000000408. The van der Waals surface area contributed by atoms with Gasteiger partial charge in [0.05, 0.1) is 70.6 Å². The highest BCUT2D eigenvalue weighted by atomic mass is 35.5. The molecule has 0 amide bonds. The Morgan fingerprint density at radius 3 is 1.15 bits per heavy atom. The fraction of sp³-hybridized carbons (Fsp3) is 0.419. The number of para-hydroxylation sites is 4. The van der Waals surface area contributed by atoms with Crippen LogP contribution in [0.25, 0.3) is 40.3 Å². The van der Waals surface area contributed by atoms with Crippen molar-refractivity contribution in [3.63, 3.8) is 0 Å². The summed E-state index contributed by atoms with van der Waals surface area (Å²) in [5.41, 5.74) is 2.99. The van der Waals surface area contributed by atoms with Crippen molar-refractivity contribution in [2.45, 2.75) is 298 Å². The number of nitrogens with zero attached hydrogens (tertiary/aromatic N) is 22. The second-order valence-electron chi connectivity index (χ2n) is 40.8. The first-order valence-electron chi connectivity index (χ1n) is 45.2. The molecule has 2 aromatic carbocycles. The van der Waals surface area contributed by atoms with Crippen LogP contribution >= 0.6 is 58.3 Å². The van der Waals surface area contributed by atoms with Crippen molar-refractivity contribution in [2.75, 3.05) is 0 Å². The van der Waals surface area contributed by atoms with E-state index in [9.17, 15) is 14.4 Å². The predicted molar refractivity (Wildman–Crippen MR) is 573 cm³/mol. The fourth-order valence-corrected chi connectivity index (χ4v) is 11.6. The lowest BCUT2D eigenvalue weighted by Crippen LogP contribution is -2.24. The van der Waals surface area contributed by atoms with Gasteiger partial charge in [0, 0.05) is 83.6 Å². The second kappa shape index (κ2) is 58.6. The SMILES string of the molecule is C=Cc1ccnc(OC(C)(C)C)n1.C=Cc1cncc(OC(C)(C)C)n1.C=Cc1nccc(OC(C)(C)C)n1.CC(C)(C)Oc1ccnc(Cl)n1.CC(C)(C)Oc1cnc2ccccc2n1.CC(C)(C)Oc1cncc(Cl)n1.CC(C)(C)Oc1nc2ccccc2nc1C=O.CC(C)(C)Oc1nccc(Cl)n1.CC(C)(C)Oc1nccnc1C=O.CC(C)(C)Sc1cnccn1.CC(C)(C)Sc1nccnc1C=O. The Bertz CT molecular complexity index is 5760. The number of hydrogen-bond acceptors (Lipinski definition) is 36. The molecule has 39 heteroatoms. The highest BCUT2D eigenvalue weighted by Gasteiger charge is 2.24. The lowest BCUT2D eigenvalue weighted by molar-refractivity contribution is 0.106. The van der Waals surface area contributed by atoms with Gasteiger partial charge in [-0.15, -0.1) is 0 Å². The molecule has 0 aliphatic rings. The van der Waals surface area contributed by atoms with E-state index in [1.165, 1.54) is 31.0 Å². The van der Waals surface area contributed by atoms with E-state index in [0.29, 0.717) is 86.4 Å². The molecule has 0 aliphatic carbocycles. The number of aromatic nitrogens is 22. The summed E-state index contributed by atoms with van der Waals surface area (Å²) in [6.07, 6.45) is 32.6. The van der Waals surface area contributed by atoms with Gasteiger partial charge in [0.2, 0.25) is 46.4 Å². The zero-order valence-corrected chi connectivity index (χ0v) is 92.8. The highest BCUT2D eigenvalue weighted by molar-refractivity contribution is 8.00. The molecule has 13 aromatic rings. The smallest absolute Gasteiger partial charge is 0.318 e. The minimum Gasteiger partial charge on any atom is -0.472 e. The average Bonchev–Trinajstić information content (AvgIpc) is 0.803. The molecule has 144 heavy (non-hydrogen) atoms. The van der Waals surface area contributed by atoms with Crippen LogP contribution in [0.2, 0.25) is 15.6 Å². The molecular formula is C105H139Cl3N22O12S2. The first kappa shape index (κ1) is 125. The number of halogens is 3. The van der Waals surface area contributed by atoms with Crippen molar-refractivity contribution in [3.8, 4) is 53.2 Å². The van der Waals surface area contributed by atoms with Crippen LogP contribution in [0.4, 0.5) is 0 Å². The van der Waals surface area contributed by atoms with Gasteiger partial charge in [-0.1, -0.05) is 132 Å². The quantitative estimate of drug-likeness (QED) is 0.0353. The average molecular weight is 2070 g/mol. The lowest BCUT2D eigenvalue weighted by Gasteiger charge is -2.21. The van der Waals surface area contributed by atoms with Gasteiger partial charge < -0.3 is 42.6 Å². The number of carbonyl (C=O) groups excluding carboxylic acids is 3. The van der Waals surface area contributed by atoms with Crippen LogP contribution in [-0.2, 0) is 0 Å². The van der Waals surface area contributed by atoms with Crippen LogP contribution < -0.4 is 42.6 Å². The Hall–Kier alpha value is -13.2. The number of hydrogen-bond donors (Lipinski definition) is 0. The van der Waals surface area contributed by atoms with E-state index in [4.69, 9.17) is 77.4 Å². The molecule has 0 spiro atoms. The first-order valence-corrected chi connectivity index (χ1v) is 48.0. The molecule has 0 aliphatic heterocycles. The normalized spacial score (nSPS) is 11.3. The summed E-state index contributed by atoms with van der Waals surface area (Å²) in [6.45, 7) is 76.0. The number of benzene rings is 2. The van der Waals surface area contributed by atoms with Crippen LogP contribution in [0.15, 0.2) is 202 Å². The van der Waals surface area contributed by atoms with Gasteiger partial charge in [-0.2, -0.15) is 24.9 Å². The molecule has 0 saturated heterocycles. The summed E-state index contributed by atoms with van der Waals surface area (Å²) in [7, 11) is 0. The van der Waals surface area contributed by atoms with Gasteiger partial charge >= 0.3 is 12.0 Å². The van der Waals surface area contributed by atoms with Crippen molar-refractivity contribution < 1.29 is 57.0 Å². The van der Waals surface area contributed by atoms with Crippen molar-refractivity contribution in [1.82, 2.24) is 110 Å². The van der Waals surface area contributed by atoms with E-state index in [1.54, 1.807) is 134 Å². The van der Waals surface area contributed by atoms with Crippen LogP contribution in [-0.4, -0.2) is 188 Å². The van der Waals surface area contributed by atoms with E-state index < -0.39 is 5.60 Å². The molecule has 11 heterocycles. The van der Waals surface area contributed by atoms with Gasteiger partial charge in [-0.05, 0) is 253 Å². The molecule has 0 atom stereocenters. The summed E-state index contributed by atoms with van der Waals surface area (Å²) in [5.74, 6) is 3.79. The lowest BCUT2D eigenvalue weighted by atomic mass is 10.2. The van der Waals surface area contributed by atoms with Gasteiger partial charge in [-0.25, -0.2) is 69.8 Å². The number of fused-ring (bicyclic) bond motifs is 2.